The second-order valence-electron chi connectivity index (χ2n) is 4.67. The number of carbonyl (C=O) groups excluding carboxylic acids is 1. The number of carbonyl (C=O) groups is 1. The van der Waals surface area contributed by atoms with Gasteiger partial charge in [-0.1, -0.05) is 24.3 Å². The highest BCUT2D eigenvalue weighted by molar-refractivity contribution is 5.97. The molecule has 0 aliphatic rings. The van der Waals surface area contributed by atoms with Crippen molar-refractivity contribution in [3.63, 3.8) is 0 Å². The van der Waals surface area contributed by atoms with Crippen molar-refractivity contribution in [1.82, 2.24) is 9.78 Å². The van der Waals surface area contributed by atoms with E-state index in [2.05, 4.69) is 5.10 Å². The summed E-state index contributed by atoms with van der Waals surface area (Å²) in [7, 11) is 0. The summed E-state index contributed by atoms with van der Waals surface area (Å²) in [6.07, 6.45) is 0. The topological polar surface area (TPSA) is 78.0 Å². The maximum atomic E-state index is 12.2. The highest BCUT2D eigenvalue weighted by Crippen LogP contribution is 2.22. The number of Topliss-reactive ketones (excluding diaryl/α,β-unsaturated/α-hetero) is 1. The van der Waals surface area contributed by atoms with Gasteiger partial charge in [0.2, 0.25) is 0 Å². The number of hydrogen-bond acceptors (Lipinski definition) is 4. The molecule has 0 atom stereocenters. The van der Waals surface area contributed by atoms with Gasteiger partial charge in [-0.3, -0.25) is 19.6 Å². The Morgan fingerprint density at radius 3 is 2.50 bits per heavy atom. The fourth-order valence-electron chi connectivity index (χ4n) is 2.21. The highest BCUT2D eigenvalue weighted by atomic mass is 16.6. The molecule has 0 amide bonds. The van der Waals surface area contributed by atoms with Gasteiger partial charge in [-0.25, -0.2) is 0 Å². The lowest BCUT2D eigenvalue weighted by molar-refractivity contribution is -0.386. The molecule has 0 bridgehead atoms. The van der Waals surface area contributed by atoms with E-state index in [4.69, 9.17) is 0 Å². The van der Waals surface area contributed by atoms with Crippen molar-refractivity contribution in [3.8, 4) is 0 Å². The second-order valence-corrected chi connectivity index (χ2v) is 4.67. The highest BCUT2D eigenvalue weighted by Gasteiger charge is 2.23. The maximum absolute atomic E-state index is 12.2. The van der Waals surface area contributed by atoms with Crippen LogP contribution in [0.4, 0.5) is 5.69 Å². The van der Waals surface area contributed by atoms with Gasteiger partial charge in [0, 0.05) is 5.56 Å². The van der Waals surface area contributed by atoms with Crippen molar-refractivity contribution < 1.29 is 9.72 Å². The molecule has 20 heavy (non-hydrogen) atoms. The third kappa shape index (κ3) is 2.45. The number of benzene rings is 1. The molecular weight excluding hydrogens is 258 g/mol. The Morgan fingerprint density at radius 2 is 1.95 bits per heavy atom. The van der Waals surface area contributed by atoms with Gasteiger partial charge in [-0.15, -0.1) is 0 Å². The van der Waals surface area contributed by atoms with E-state index in [0.29, 0.717) is 17.0 Å². The van der Waals surface area contributed by atoms with Crippen molar-refractivity contribution >= 4 is 11.5 Å². The molecule has 0 aliphatic carbocycles. The molecule has 104 valence electrons. The van der Waals surface area contributed by atoms with Gasteiger partial charge in [0.05, 0.1) is 4.92 Å². The van der Waals surface area contributed by atoms with Gasteiger partial charge in [0.1, 0.15) is 17.9 Å². The Bertz CT molecular complexity index is 689. The molecule has 0 saturated carbocycles. The number of nitro groups is 1. The van der Waals surface area contributed by atoms with Gasteiger partial charge in [0.15, 0.2) is 5.78 Å². The second kappa shape index (κ2) is 5.24. The van der Waals surface area contributed by atoms with Crippen LogP contribution in [-0.2, 0) is 6.54 Å². The van der Waals surface area contributed by atoms with E-state index in [1.54, 1.807) is 26.0 Å². The first-order chi connectivity index (χ1) is 9.41. The summed E-state index contributed by atoms with van der Waals surface area (Å²) < 4.78 is 1.39. The Morgan fingerprint density at radius 1 is 1.30 bits per heavy atom. The summed E-state index contributed by atoms with van der Waals surface area (Å²) in [5.74, 6) is -0.108. The van der Waals surface area contributed by atoms with Crippen molar-refractivity contribution in [2.45, 2.75) is 27.3 Å². The normalized spacial score (nSPS) is 10.6. The Hall–Kier alpha value is -2.50. The predicted molar refractivity (Wildman–Crippen MR) is 73.9 cm³/mol. The third-order valence-corrected chi connectivity index (χ3v) is 3.26. The number of rotatable bonds is 4. The zero-order valence-corrected chi connectivity index (χ0v) is 11.6. The SMILES string of the molecule is Cc1ccccc1C(=O)Cn1nc(C)c([N+](=O)[O-])c1C. The average Bonchev–Trinajstić information content (AvgIpc) is 2.64. The summed E-state index contributed by atoms with van der Waals surface area (Å²) in [6, 6.07) is 7.26. The molecule has 0 unspecified atom stereocenters. The largest absolute Gasteiger partial charge is 0.312 e. The van der Waals surface area contributed by atoms with Crippen molar-refractivity contribution in [3.05, 3.63) is 56.9 Å². The van der Waals surface area contributed by atoms with E-state index in [1.807, 2.05) is 19.1 Å². The summed E-state index contributed by atoms with van der Waals surface area (Å²) in [4.78, 5) is 22.7. The maximum Gasteiger partial charge on any atom is 0.312 e. The monoisotopic (exact) mass is 273 g/mol. The molecule has 1 aromatic heterocycles. The van der Waals surface area contributed by atoms with Crippen LogP contribution in [0.2, 0.25) is 0 Å². The number of hydrogen-bond donors (Lipinski definition) is 0. The first-order valence-electron chi connectivity index (χ1n) is 6.19. The van der Waals surface area contributed by atoms with Crippen LogP contribution in [0.3, 0.4) is 0 Å². The van der Waals surface area contributed by atoms with Gasteiger partial charge in [-0.05, 0) is 26.3 Å². The lowest BCUT2D eigenvalue weighted by Crippen LogP contribution is -2.14. The Kier molecular flexibility index (Phi) is 3.65. The molecule has 0 spiro atoms. The van der Waals surface area contributed by atoms with Crippen molar-refractivity contribution in [2.24, 2.45) is 0 Å². The predicted octanol–water partition coefficient (Wildman–Crippen LogP) is 2.60. The molecule has 0 saturated heterocycles. The average molecular weight is 273 g/mol. The molecule has 0 aliphatic heterocycles. The zero-order valence-electron chi connectivity index (χ0n) is 11.6. The van der Waals surface area contributed by atoms with E-state index in [9.17, 15) is 14.9 Å². The van der Waals surface area contributed by atoms with Crippen LogP contribution in [0.15, 0.2) is 24.3 Å². The zero-order chi connectivity index (χ0) is 14.9. The quantitative estimate of drug-likeness (QED) is 0.487. The summed E-state index contributed by atoms with van der Waals surface area (Å²) in [5, 5.41) is 15.0. The number of aromatic nitrogens is 2. The van der Waals surface area contributed by atoms with Crippen LogP contribution < -0.4 is 0 Å². The molecule has 1 heterocycles. The van der Waals surface area contributed by atoms with Gasteiger partial charge >= 0.3 is 5.69 Å². The molecule has 0 N–H and O–H groups in total. The van der Waals surface area contributed by atoms with Crippen LogP contribution in [0.1, 0.15) is 27.3 Å². The third-order valence-electron chi connectivity index (χ3n) is 3.26. The van der Waals surface area contributed by atoms with Crippen LogP contribution in [0.5, 0.6) is 0 Å². The van der Waals surface area contributed by atoms with E-state index in [-0.39, 0.29) is 18.0 Å². The lowest BCUT2D eigenvalue weighted by atomic mass is 10.1. The minimum absolute atomic E-state index is 0.00532. The summed E-state index contributed by atoms with van der Waals surface area (Å²) in [6.45, 7) is 5.03. The number of nitrogens with zero attached hydrogens (tertiary/aromatic N) is 3. The minimum Gasteiger partial charge on any atom is -0.292 e. The van der Waals surface area contributed by atoms with E-state index >= 15 is 0 Å². The van der Waals surface area contributed by atoms with E-state index < -0.39 is 4.92 Å². The molecule has 2 aromatic rings. The van der Waals surface area contributed by atoms with Gasteiger partial charge < -0.3 is 0 Å². The van der Waals surface area contributed by atoms with Gasteiger partial charge in [0.25, 0.3) is 0 Å². The first-order valence-corrected chi connectivity index (χ1v) is 6.19. The first kappa shape index (κ1) is 13.9. The molecule has 0 fully saturated rings. The van der Waals surface area contributed by atoms with Crippen LogP contribution in [0, 0.1) is 30.9 Å². The van der Waals surface area contributed by atoms with Crippen LogP contribution >= 0.6 is 0 Å². The fraction of sp³-hybridized carbons (Fsp3) is 0.286. The standard InChI is InChI=1S/C14H15N3O3/c1-9-6-4-5-7-12(9)13(18)8-16-11(3)14(17(19)20)10(2)15-16/h4-7H,8H2,1-3H3. The summed E-state index contributed by atoms with van der Waals surface area (Å²) in [5.41, 5.74) is 2.19. The number of ketones is 1. The molecule has 6 heteroatoms. The molecule has 1 aromatic carbocycles. The molecular formula is C14H15N3O3. The van der Waals surface area contributed by atoms with Crippen LogP contribution in [-0.4, -0.2) is 20.5 Å². The summed E-state index contributed by atoms with van der Waals surface area (Å²) >= 11 is 0. The van der Waals surface area contributed by atoms with E-state index in [1.165, 1.54) is 4.68 Å². The Balaban J connectivity index is 2.32. The van der Waals surface area contributed by atoms with Crippen LogP contribution in [0.25, 0.3) is 0 Å². The fourth-order valence-corrected chi connectivity index (χ4v) is 2.21. The van der Waals surface area contributed by atoms with E-state index in [0.717, 1.165) is 5.56 Å². The smallest absolute Gasteiger partial charge is 0.292 e. The molecule has 6 nitrogen and oxygen atoms in total. The van der Waals surface area contributed by atoms with Crippen molar-refractivity contribution in [1.29, 1.82) is 0 Å². The minimum atomic E-state index is -0.466. The molecule has 2 rings (SSSR count). The number of aryl methyl sites for hydroxylation is 2. The van der Waals surface area contributed by atoms with Gasteiger partial charge in [-0.2, -0.15) is 5.10 Å². The Labute approximate surface area is 116 Å². The molecule has 0 radical (unpaired) electrons. The lowest BCUT2D eigenvalue weighted by Gasteiger charge is -2.05. The van der Waals surface area contributed by atoms with Crippen molar-refractivity contribution in [2.75, 3.05) is 0 Å².